The van der Waals surface area contributed by atoms with Gasteiger partial charge in [-0.05, 0) is 23.7 Å². The molecule has 5 heteroatoms. The maximum Gasteiger partial charge on any atom is 0.303 e. The molecule has 0 spiro atoms. The van der Waals surface area contributed by atoms with Crippen LogP contribution in [0.1, 0.15) is 33.6 Å². The molecule has 0 atom stereocenters. The molecule has 0 amide bonds. The Morgan fingerprint density at radius 2 is 1.50 bits per heavy atom. The number of carbonyl (C=O) groups is 3. The van der Waals surface area contributed by atoms with Crippen molar-refractivity contribution in [3.05, 3.63) is 35.4 Å². The van der Waals surface area contributed by atoms with Crippen molar-refractivity contribution in [2.45, 2.75) is 12.8 Å². The number of aliphatic carboxylic acids is 1. The highest BCUT2D eigenvalue weighted by molar-refractivity contribution is 6.67. The van der Waals surface area contributed by atoms with Crippen molar-refractivity contribution in [1.29, 1.82) is 0 Å². The zero-order valence-corrected chi connectivity index (χ0v) is 9.03. The van der Waals surface area contributed by atoms with E-state index in [1.165, 1.54) is 24.3 Å². The normalized spacial score (nSPS) is 9.81. The average Bonchev–Trinajstić information content (AvgIpc) is 2.26. The Hall–Kier alpha value is -1.68. The van der Waals surface area contributed by atoms with Crippen LogP contribution in [0.15, 0.2) is 24.3 Å². The number of ketones is 1. The van der Waals surface area contributed by atoms with Crippen molar-refractivity contribution >= 4 is 28.6 Å². The Bertz CT molecular complexity index is 422. The van der Waals surface area contributed by atoms with Crippen molar-refractivity contribution in [3.63, 3.8) is 0 Å². The second-order valence-electron chi connectivity index (χ2n) is 3.17. The third-order valence-electron chi connectivity index (χ3n) is 2.00. The summed E-state index contributed by atoms with van der Waals surface area (Å²) in [6.07, 6.45) is -0.251. The van der Waals surface area contributed by atoms with E-state index in [1.54, 1.807) is 0 Å². The summed E-state index contributed by atoms with van der Waals surface area (Å²) in [6, 6.07) is 5.78. The molecule has 16 heavy (non-hydrogen) atoms. The van der Waals surface area contributed by atoms with E-state index in [0.717, 1.165) is 0 Å². The zero-order valence-electron chi connectivity index (χ0n) is 8.27. The Morgan fingerprint density at radius 1 is 1.00 bits per heavy atom. The minimum Gasteiger partial charge on any atom is -0.481 e. The first-order chi connectivity index (χ1) is 7.50. The Labute approximate surface area is 96.8 Å². The molecule has 1 aromatic carbocycles. The molecule has 0 unspecified atom stereocenters. The third kappa shape index (κ3) is 3.47. The molecule has 0 aliphatic carbocycles. The van der Waals surface area contributed by atoms with Crippen LogP contribution >= 0.6 is 11.6 Å². The highest BCUT2D eigenvalue weighted by Crippen LogP contribution is 2.10. The third-order valence-corrected chi connectivity index (χ3v) is 2.22. The molecule has 0 aliphatic heterocycles. The van der Waals surface area contributed by atoms with Crippen molar-refractivity contribution in [2.24, 2.45) is 0 Å². The van der Waals surface area contributed by atoms with Crippen molar-refractivity contribution < 1.29 is 19.5 Å². The Kier molecular flexibility index (Phi) is 4.19. The standard InChI is InChI=1S/C11H9ClO4/c12-11(16)8-3-1-7(2-4-8)9(13)5-6-10(14)15/h1-4H,5-6H2,(H,14,15). The van der Waals surface area contributed by atoms with Crippen LogP contribution in [0.3, 0.4) is 0 Å². The summed E-state index contributed by atoms with van der Waals surface area (Å²) in [5.74, 6) is -1.28. The number of hydrogen-bond acceptors (Lipinski definition) is 3. The molecule has 0 saturated heterocycles. The lowest BCUT2D eigenvalue weighted by Gasteiger charge is -1.99. The fraction of sp³-hybridized carbons (Fsp3) is 0.182. The van der Waals surface area contributed by atoms with E-state index in [4.69, 9.17) is 16.7 Å². The summed E-state index contributed by atoms with van der Waals surface area (Å²) in [5.41, 5.74) is 0.680. The molecule has 0 radical (unpaired) electrons. The smallest absolute Gasteiger partial charge is 0.303 e. The summed E-state index contributed by atoms with van der Waals surface area (Å²) in [5, 5.41) is 7.82. The largest absolute Gasteiger partial charge is 0.481 e. The fourth-order valence-corrected chi connectivity index (χ4v) is 1.28. The number of carboxylic acids is 1. The van der Waals surface area contributed by atoms with Crippen LogP contribution in [0.5, 0.6) is 0 Å². The molecule has 0 heterocycles. The van der Waals surface area contributed by atoms with E-state index in [-0.39, 0.29) is 18.6 Å². The number of benzene rings is 1. The SMILES string of the molecule is O=C(O)CCC(=O)c1ccc(C(=O)Cl)cc1. The first-order valence-electron chi connectivity index (χ1n) is 4.55. The number of hydrogen-bond donors (Lipinski definition) is 1. The quantitative estimate of drug-likeness (QED) is 0.632. The lowest BCUT2D eigenvalue weighted by Crippen LogP contribution is -2.04. The van der Waals surface area contributed by atoms with Gasteiger partial charge in [0.2, 0.25) is 0 Å². The highest BCUT2D eigenvalue weighted by atomic mass is 35.5. The molecular weight excluding hydrogens is 232 g/mol. The van der Waals surface area contributed by atoms with E-state index in [2.05, 4.69) is 0 Å². The minimum atomic E-state index is -1.01. The molecule has 1 aromatic rings. The van der Waals surface area contributed by atoms with Gasteiger partial charge in [0, 0.05) is 17.5 Å². The van der Waals surface area contributed by atoms with Gasteiger partial charge in [0.25, 0.3) is 5.24 Å². The predicted octanol–water partition coefficient (Wildman–Crippen LogP) is 2.11. The van der Waals surface area contributed by atoms with Gasteiger partial charge in [0.05, 0.1) is 6.42 Å². The van der Waals surface area contributed by atoms with Gasteiger partial charge in [-0.1, -0.05) is 12.1 Å². The summed E-state index contributed by atoms with van der Waals surface area (Å²) in [6.45, 7) is 0. The van der Waals surface area contributed by atoms with Gasteiger partial charge >= 0.3 is 5.97 Å². The second-order valence-corrected chi connectivity index (χ2v) is 3.51. The van der Waals surface area contributed by atoms with Gasteiger partial charge in [-0.2, -0.15) is 0 Å². The van der Waals surface area contributed by atoms with Crippen LogP contribution in [-0.2, 0) is 4.79 Å². The van der Waals surface area contributed by atoms with Gasteiger partial charge in [0.15, 0.2) is 5.78 Å². The number of halogens is 1. The van der Waals surface area contributed by atoms with Crippen LogP contribution in [0.25, 0.3) is 0 Å². The van der Waals surface area contributed by atoms with Gasteiger partial charge < -0.3 is 5.11 Å². The molecular formula is C11H9ClO4. The van der Waals surface area contributed by atoms with Crippen molar-refractivity contribution in [2.75, 3.05) is 0 Å². The maximum atomic E-state index is 11.4. The summed E-state index contributed by atoms with van der Waals surface area (Å²) >= 11 is 5.24. The number of Topliss-reactive ketones (excluding diaryl/α,β-unsaturated/α-hetero) is 1. The van der Waals surface area contributed by atoms with E-state index >= 15 is 0 Å². The molecule has 0 fully saturated rings. The van der Waals surface area contributed by atoms with Crippen molar-refractivity contribution in [1.82, 2.24) is 0 Å². The average molecular weight is 241 g/mol. The molecule has 0 saturated carbocycles. The van der Waals surface area contributed by atoms with Crippen molar-refractivity contribution in [3.8, 4) is 0 Å². The van der Waals surface area contributed by atoms with Gasteiger partial charge in [-0.25, -0.2) is 0 Å². The summed E-state index contributed by atoms with van der Waals surface area (Å²) in [4.78, 5) is 32.5. The number of rotatable bonds is 5. The van der Waals surface area contributed by atoms with E-state index in [0.29, 0.717) is 11.1 Å². The maximum absolute atomic E-state index is 11.4. The number of carboxylic acid groups (broad SMARTS) is 1. The van der Waals surface area contributed by atoms with E-state index in [9.17, 15) is 14.4 Å². The monoisotopic (exact) mass is 240 g/mol. The predicted molar refractivity (Wildman–Crippen MR) is 57.8 cm³/mol. The summed E-state index contributed by atoms with van der Waals surface area (Å²) in [7, 11) is 0. The molecule has 4 nitrogen and oxygen atoms in total. The second kappa shape index (κ2) is 5.42. The molecule has 1 N–H and O–H groups in total. The lowest BCUT2D eigenvalue weighted by atomic mass is 10.1. The number of carbonyl (C=O) groups excluding carboxylic acids is 2. The first-order valence-corrected chi connectivity index (χ1v) is 4.93. The Morgan fingerprint density at radius 3 is 1.94 bits per heavy atom. The first kappa shape index (κ1) is 12.4. The topological polar surface area (TPSA) is 71.4 Å². The fourth-order valence-electron chi connectivity index (χ4n) is 1.15. The van der Waals surface area contributed by atoms with Gasteiger partial charge in [-0.15, -0.1) is 0 Å². The summed E-state index contributed by atoms with van der Waals surface area (Å²) < 4.78 is 0. The molecule has 1 rings (SSSR count). The van der Waals surface area contributed by atoms with Crippen LogP contribution in [-0.4, -0.2) is 22.1 Å². The molecule has 0 aromatic heterocycles. The van der Waals surface area contributed by atoms with Crippen LogP contribution in [0.2, 0.25) is 0 Å². The van der Waals surface area contributed by atoms with Crippen LogP contribution < -0.4 is 0 Å². The van der Waals surface area contributed by atoms with Gasteiger partial charge in [0.1, 0.15) is 0 Å². The molecule has 0 bridgehead atoms. The van der Waals surface area contributed by atoms with E-state index < -0.39 is 11.2 Å². The van der Waals surface area contributed by atoms with Gasteiger partial charge in [-0.3, -0.25) is 14.4 Å². The zero-order chi connectivity index (χ0) is 12.1. The highest BCUT2D eigenvalue weighted by Gasteiger charge is 2.09. The Balaban J connectivity index is 2.70. The lowest BCUT2D eigenvalue weighted by molar-refractivity contribution is -0.136. The van der Waals surface area contributed by atoms with Crippen LogP contribution in [0.4, 0.5) is 0 Å². The minimum absolute atomic E-state index is 0.0521. The van der Waals surface area contributed by atoms with E-state index in [1.807, 2.05) is 0 Å². The van der Waals surface area contributed by atoms with Crippen LogP contribution in [0, 0.1) is 0 Å². The molecule has 84 valence electrons. The molecule has 0 aliphatic rings.